The second-order valence-electron chi connectivity index (χ2n) is 6.51. The third-order valence-corrected chi connectivity index (χ3v) is 3.98. The second kappa shape index (κ2) is 22.7. The van der Waals surface area contributed by atoms with Gasteiger partial charge in [0.15, 0.2) is 0 Å². The van der Waals surface area contributed by atoms with Gasteiger partial charge in [0.25, 0.3) is 0 Å². The normalized spacial score (nSPS) is 10.1. The van der Waals surface area contributed by atoms with Crippen molar-refractivity contribution in [2.24, 2.45) is 0 Å². The lowest BCUT2D eigenvalue weighted by Gasteiger charge is -2.14. The molecule has 4 heteroatoms. The molecule has 0 amide bonds. The zero-order valence-corrected chi connectivity index (χ0v) is 19.1. The number of carbonyl (C=O) groups is 2. The van der Waals surface area contributed by atoms with Crippen LogP contribution in [0, 0.1) is 0 Å². The summed E-state index contributed by atoms with van der Waals surface area (Å²) in [6.45, 7) is 17.0. The van der Waals surface area contributed by atoms with Crippen molar-refractivity contribution in [3.05, 3.63) is 67.8 Å². The number of carbonyl (C=O) groups excluding carboxylic acids is 2. The van der Waals surface area contributed by atoms with E-state index < -0.39 is 0 Å². The van der Waals surface area contributed by atoms with Crippen molar-refractivity contribution in [3.63, 3.8) is 0 Å². The first-order valence-corrected chi connectivity index (χ1v) is 10.8. The lowest BCUT2D eigenvalue weighted by Crippen LogP contribution is -2.15. The minimum absolute atomic E-state index is 0.0806. The predicted molar refractivity (Wildman–Crippen MR) is 127 cm³/mol. The van der Waals surface area contributed by atoms with Crippen molar-refractivity contribution in [1.82, 2.24) is 0 Å². The Balaban J connectivity index is 0. The third kappa shape index (κ3) is 20.1. The molecule has 30 heavy (non-hydrogen) atoms. The van der Waals surface area contributed by atoms with Gasteiger partial charge in [-0.25, -0.2) is 9.59 Å². The van der Waals surface area contributed by atoms with Crippen LogP contribution in [-0.2, 0) is 19.1 Å². The summed E-state index contributed by atoms with van der Waals surface area (Å²) in [5.74, 6) is -0.633. The van der Waals surface area contributed by atoms with Crippen molar-refractivity contribution in [1.29, 1.82) is 0 Å². The lowest BCUT2D eigenvalue weighted by atomic mass is 10.1. The van der Waals surface area contributed by atoms with Crippen LogP contribution in [0.4, 0.5) is 0 Å². The van der Waals surface area contributed by atoms with Gasteiger partial charge in [0.2, 0.25) is 0 Å². The highest BCUT2D eigenvalue weighted by atomic mass is 16.5. The van der Waals surface area contributed by atoms with Gasteiger partial charge in [-0.1, -0.05) is 96.2 Å². The first-order chi connectivity index (χ1) is 14.5. The van der Waals surface area contributed by atoms with Crippen LogP contribution in [0.15, 0.2) is 62.2 Å². The van der Waals surface area contributed by atoms with Crippen LogP contribution in [0.2, 0.25) is 0 Å². The summed E-state index contributed by atoms with van der Waals surface area (Å²) in [6.07, 6.45) is 11.7. The zero-order valence-electron chi connectivity index (χ0n) is 19.1. The Hall–Kier alpha value is -2.62. The fraction of sp³-hybridized carbons (Fsp3) is 0.462. The summed E-state index contributed by atoms with van der Waals surface area (Å²) in [5, 5.41) is 0. The minimum Gasteiger partial charge on any atom is -0.463 e. The van der Waals surface area contributed by atoms with Crippen molar-refractivity contribution >= 4 is 18.0 Å². The molecule has 0 heterocycles. The molecule has 1 unspecified atom stereocenters. The Morgan fingerprint density at radius 1 is 0.900 bits per heavy atom. The number of ether oxygens (including phenoxy) is 2. The third-order valence-electron chi connectivity index (χ3n) is 3.98. The molecule has 1 aromatic rings. The number of unbranched alkanes of at least 4 members (excludes halogenated alkanes) is 3. The Morgan fingerprint density at radius 2 is 1.50 bits per heavy atom. The SMILES string of the molecule is C=CC(=O)OC(CC)CCCCC.C=CC(=O)OCCCC.C=Cc1ccccc1. The summed E-state index contributed by atoms with van der Waals surface area (Å²) >= 11 is 0. The van der Waals surface area contributed by atoms with E-state index in [2.05, 4.69) is 31.4 Å². The van der Waals surface area contributed by atoms with Gasteiger partial charge in [0.1, 0.15) is 6.10 Å². The maximum atomic E-state index is 10.9. The van der Waals surface area contributed by atoms with Gasteiger partial charge in [0.05, 0.1) is 6.61 Å². The highest BCUT2D eigenvalue weighted by Gasteiger charge is 2.09. The van der Waals surface area contributed by atoms with Gasteiger partial charge in [-0.3, -0.25) is 0 Å². The Morgan fingerprint density at radius 3 is 1.93 bits per heavy atom. The van der Waals surface area contributed by atoms with E-state index in [-0.39, 0.29) is 18.0 Å². The van der Waals surface area contributed by atoms with Crippen molar-refractivity contribution < 1.29 is 19.1 Å². The van der Waals surface area contributed by atoms with Gasteiger partial charge >= 0.3 is 11.9 Å². The molecule has 0 aliphatic rings. The quantitative estimate of drug-likeness (QED) is 0.211. The Kier molecular flexibility index (Phi) is 22.3. The molecule has 0 N–H and O–H groups in total. The van der Waals surface area contributed by atoms with Gasteiger partial charge in [-0.2, -0.15) is 0 Å². The predicted octanol–water partition coefficient (Wildman–Crippen LogP) is 6.92. The van der Waals surface area contributed by atoms with Crippen molar-refractivity contribution in [2.75, 3.05) is 6.61 Å². The monoisotopic (exact) mass is 416 g/mol. The van der Waals surface area contributed by atoms with Gasteiger partial charge in [-0.05, 0) is 31.2 Å². The molecule has 1 aromatic carbocycles. The Labute approximate surface area is 183 Å². The fourth-order valence-electron chi connectivity index (χ4n) is 2.15. The topological polar surface area (TPSA) is 52.6 Å². The number of benzene rings is 1. The van der Waals surface area contributed by atoms with Crippen LogP contribution in [0.25, 0.3) is 6.08 Å². The molecular formula is C26H40O4. The molecular weight excluding hydrogens is 376 g/mol. The number of hydrogen-bond donors (Lipinski definition) is 0. The van der Waals surface area contributed by atoms with E-state index in [9.17, 15) is 9.59 Å². The number of esters is 2. The second-order valence-corrected chi connectivity index (χ2v) is 6.51. The average molecular weight is 417 g/mol. The molecule has 0 bridgehead atoms. The van der Waals surface area contributed by atoms with E-state index >= 15 is 0 Å². The molecule has 1 rings (SSSR count). The standard InChI is InChI=1S/C11H20O2.C8H8.C7H12O2/c1-4-7-8-9-10(5-2)13-11(12)6-3;1-2-8-6-4-3-5-7-8;1-3-5-6-9-7(8)4-2/h6,10H,3-5,7-9H2,1-2H3;2-7H,1H2;4H,2-3,5-6H2,1H3. The van der Waals surface area contributed by atoms with E-state index in [0.29, 0.717) is 6.61 Å². The molecule has 0 spiro atoms. The molecule has 168 valence electrons. The zero-order chi connectivity index (χ0) is 23.0. The van der Waals surface area contributed by atoms with E-state index in [0.717, 1.165) is 32.1 Å². The van der Waals surface area contributed by atoms with Crippen LogP contribution in [0.3, 0.4) is 0 Å². The van der Waals surface area contributed by atoms with E-state index in [1.165, 1.54) is 30.6 Å². The first kappa shape index (κ1) is 29.6. The first-order valence-electron chi connectivity index (χ1n) is 10.8. The molecule has 0 fully saturated rings. The molecule has 0 aliphatic heterocycles. The van der Waals surface area contributed by atoms with Crippen LogP contribution in [0.1, 0.15) is 71.3 Å². The van der Waals surface area contributed by atoms with Crippen LogP contribution in [0.5, 0.6) is 0 Å². The molecule has 4 nitrogen and oxygen atoms in total. The summed E-state index contributed by atoms with van der Waals surface area (Å²) in [7, 11) is 0. The van der Waals surface area contributed by atoms with Crippen LogP contribution < -0.4 is 0 Å². The molecule has 0 aliphatic carbocycles. The highest BCUT2D eigenvalue weighted by Crippen LogP contribution is 2.10. The smallest absolute Gasteiger partial charge is 0.330 e. The minimum atomic E-state index is -0.330. The van der Waals surface area contributed by atoms with Gasteiger partial charge in [-0.15, -0.1) is 0 Å². The van der Waals surface area contributed by atoms with E-state index in [4.69, 9.17) is 4.74 Å². The Bertz CT molecular complexity index is 578. The van der Waals surface area contributed by atoms with Crippen molar-refractivity contribution in [2.45, 2.75) is 71.8 Å². The molecule has 0 aromatic heterocycles. The molecule has 0 saturated carbocycles. The lowest BCUT2D eigenvalue weighted by molar-refractivity contribution is -0.143. The van der Waals surface area contributed by atoms with Gasteiger partial charge in [0, 0.05) is 12.2 Å². The highest BCUT2D eigenvalue weighted by molar-refractivity contribution is 5.81. The summed E-state index contributed by atoms with van der Waals surface area (Å²) < 4.78 is 9.81. The van der Waals surface area contributed by atoms with Crippen LogP contribution >= 0.6 is 0 Å². The molecule has 0 saturated heterocycles. The van der Waals surface area contributed by atoms with Crippen LogP contribution in [-0.4, -0.2) is 24.6 Å². The largest absolute Gasteiger partial charge is 0.463 e. The van der Waals surface area contributed by atoms with Crippen molar-refractivity contribution in [3.8, 4) is 0 Å². The van der Waals surface area contributed by atoms with E-state index in [1.807, 2.05) is 50.3 Å². The summed E-state index contributed by atoms with van der Waals surface area (Å²) in [4.78, 5) is 21.2. The summed E-state index contributed by atoms with van der Waals surface area (Å²) in [6, 6.07) is 10.0. The number of hydrogen-bond acceptors (Lipinski definition) is 4. The van der Waals surface area contributed by atoms with Gasteiger partial charge < -0.3 is 9.47 Å². The number of rotatable bonds is 12. The summed E-state index contributed by atoms with van der Waals surface area (Å²) in [5.41, 5.74) is 1.17. The molecule has 1 atom stereocenters. The van der Waals surface area contributed by atoms with E-state index in [1.54, 1.807) is 0 Å². The maximum absolute atomic E-state index is 10.9. The maximum Gasteiger partial charge on any atom is 0.330 e. The average Bonchev–Trinajstić information content (AvgIpc) is 2.79. The fourth-order valence-corrected chi connectivity index (χ4v) is 2.15. The molecule has 0 radical (unpaired) electrons.